The monoisotopic (exact) mass is 319 g/mol. The predicted molar refractivity (Wildman–Crippen MR) is 96.8 cm³/mol. The molecule has 3 aromatic rings. The second-order valence-corrected chi connectivity index (χ2v) is 6.17. The lowest BCUT2D eigenvalue weighted by Gasteiger charge is -2.07. The quantitative estimate of drug-likeness (QED) is 0.766. The molecule has 0 unspecified atom stereocenters. The molecule has 0 saturated carbocycles. The largest absolute Gasteiger partial charge is 0.305 e. The normalized spacial score (nSPS) is 10.8. The van der Waals surface area contributed by atoms with Gasteiger partial charge in [0.15, 0.2) is 5.82 Å². The van der Waals surface area contributed by atoms with Crippen LogP contribution in [0.1, 0.15) is 41.3 Å². The molecule has 1 amide bonds. The summed E-state index contributed by atoms with van der Waals surface area (Å²) >= 11 is 0. The van der Waals surface area contributed by atoms with Crippen molar-refractivity contribution in [3.05, 3.63) is 77.5 Å². The number of anilines is 1. The molecule has 2 aromatic carbocycles. The zero-order valence-electron chi connectivity index (χ0n) is 14.2. The summed E-state index contributed by atoms with van der Waals surface area (Å²) in [6, 6.07) is 17.5. The number of nitrogens with zero attached hydrogens (tertiary/aromatic N) is 2. The first-order valence-corrected chi connectivity index (χ1v) is 8.07. The van der Waals surface area contributed by atoms with Crippen LogP contribution in [0.3, 0.4) is 0 Å². The fourth-order valence-electron chi connectivity index (χ4n) is 2.50. The zero-order chi connectivity index (χ0) is 17.1. The van der Waals surface area contributed by atoms with E-state index in [-0.39, 0.29) is 5.91 Å². The van der Waals surface area contributed by atoms with Crippen LogP contribution in [0.15, 0.2) is 60.8 Å². The van der Waals surface area contributed by atoms with Crippen LogP contribution in [0.5, 0.6) is 0 Å². The van der Waals surface area contributed by atoms with Gasteiger partial charge in [0.05, 0.1) is 5.69 Å². The number of carbonyl (C=O) groups is 1. The molecule has 0 fully saturated rings. The summed E-state index contributed by atoms with van der Waals surface area (Å²) in [6.07, 6.45) is 1.91. The van der Waals surface area contributed by atoms with Gasteiger partial charge in [-0.05, 0) is 42.7 Å². The molecule has 0 saturated heterocycles. The van der Waals surface area contributed by atoms with Crippen molar-refractivity contribution < 1.29 is 4.79 Å². The second-order valence-electron chi connectivity index (χ2n) is 6.17. The molecule has 1 aromatic heterocycles. The molecule has 0 spiro atoms. The van der Waals surface area contributed by atoms with Gasteiger partial charge in [-0.1, -0.05) is 44.2 Å². The summed E-state index contributed by atoms with van der Waals surface area (Å²) in [5.74, 6) is 0.884. The van der Waals surface area contributed by atoms with Gasteiger partial charge in [0, 0.05) is 17.3 Å². The van der Waals surface area contributed by atoms with Gasteiger partial charge in [-0.15, -0.1) is 5.10 Å². The number of nitrogens with one attached hydrogen (secondary N) is 1. The van der Waals surface area contributed by atoms with Crippen LogP contribution in [0.25, 0.3) is 5.69 Å². The summed E-state index contributed by atoms with van der Waals surface area (Å²) < 4.78 is 1.77. The maximum atomic E-state index is 12.4. The molecule has 0 radical (unpaired) electrons. The summed E-state index contributed by atoms with van der Waals surface area (Å²) in [7, 11) is 0. The van der Waals surface area contributed by atoms with Crippen LogP contribution in [0.4, 0.5) is 5.82 Å². The van der Waals surface area contributed by atoms with Crippen molar-refractivity contribution in [2.24, 2.45) is 0 Å². The molecule has 0 atom stereocenters. The number of aryl methyl sites for hydroxylation is 1. The van der Waals surface area contributed by atoms with Gasteiger partial charge in [0.25, 0.3) is 5.91 Å². The Morgan fingerprint density at radius 2 is 1.71 bits per heavy atom. The van der Waals surface area contributed by atoms with E-state index in [1.807, 2.05) is 67.7 Å². The molecule has 4 heteroatoms. The van der Waals surface area contributed by atoms with Crippen molar-refractivity contribution in [3.8, 4) is 5.69 Å². The number of rotatable bonds is 4. The second kappa shape index (κ2) is 6.71. The van der Waals surface area contributed by atoms with E-state index in [0.29, 0.717) is 17.3 Å². The number of hydrogen-bond acceptors (Lipinski definition) is 2. The Labute approximate surface area is 142 Å². The standard InChI is InChI=1S/C20H21N3O/c1-14(2)16-9-11-17(12-10-16)20(24)21-19-15(3)13-23(22-19)18-7-5-4-6-8-18/h4-14H,1-3H3,(H,21,22,24). The van der Waals surface area contributed by atoms with E-state index in [2.05, 4.69) is 24.3 Å². The van der Waals surface area contributed by atoms with E-state index >= 15 is 0 Å². The molecule has 1 heterocycles. The Kier molecular flexibility index (Phi) is 4.47. The summed E-state index contributed by atoms with van der Waals surface area (Å²) in [5.41, 5.74) is 3.73. The van der Waals surface area contributed by atoms with Crippen LogP contribution in [0, 0.1) is 6.92 Å². The van der Waals surface area contributed by atoms with Crippen LogP contribution in [-0.4, -0.2) is 15.7 Å². The van der Waals surface area contributed by atoms with Crippen molar-refractivity contribution in [2.45, 2.75) is 26.7 Å². The molecule has 1 N–H and O–H groups in total. The lowest BCUT2D eigenvalue weighted by molar-refractivity contribution is 0.102. The van der Waals surface area contributed by atoms with Crippen molar-refractivity contribution in [3.63, 3.8) is 0 Å². The van der Waals surface area contributed by atoms with E-state index in [9.17, 15) is 4.79 Å². The average Bonchev–Trinajstić information content (AvgIpc) is 2.96. The minimum atomic E-state index is -0.147. The van der Waals surface area contributed by atoms with E-state index in [4.69, 9.17) is 0 Å². The van der Waals surface area contributed by atoms with Gasteiger partial charge >= 0.3 is 0 Å². The van der Waals surface area contributed by atoms with Gasteiger partial charge < -0.3 is 5.32 Å². The van der Waals surface area contributed by atoms with E-state index in [0.717, 1.165) is 11.3 Å². The molecule has 0 bridgehead atoms. The minimum Gasteiger partial charge on any atom is -0.305 e. The molecule has 122 valence electrons. The maximum Gasteiger partial charge on any atom is 0.256 e. The molecule has 0 aliphatic carbocycles. The number of hydrogen-bond donors (Lipinski definition) is 1. The third-order valence-corrected chi connectivity index (χ3v) is 3.99. The van der Waals surface area contributed by atoms with E-state index < -0.39 is 0 Å². The van der Waals surface area contributed by atoms with Crippen LogP contribution >= 0.6 is 0 Å². The molecule has 3 rings (SSSR count). The highest BCUT2D eigenvalue weighted by molar-refractivity contribution is 6.04. The summed E-state index contributed by atoms with van der Waals surface area (Å²) in [5, 5.41) is 7.37. The first kappa shape index (κ1) is 16.0. The summed E-state index contributed by atoms with van der Waals surface area (Å²) in [6.45, 7) is 6.20. The van der Waals surface area contributed by atoms with Crippen molar-refractivity contribution in [2.75, 3.05) is 5.32 Å². The fraction of sp³-hybridized carbons (Fsp3) is 0.200. The summed E-state index contributed by atoms with van der Waals surface area (Å²) in [4.78, 5) is 12.4. The molecular formula is C20H21N3O. The fourth-order valence-corrected chi connectivity index (χ4v) is 2.50. The van der Waals surface area contributed by atoms with Crippen LogP contribution in [0.2, 0.25) is 0 Å². The molecule has 0 aliphatic heterocycles. The predicted octanol–water partition coefficient (Wildman–Crippen LogP) is 4.56. The number of para-hydroxylation sites is 1. The van der Waals surface area contributed by atoms with Crippen LogP contribution in [-0.2, 0) is 0 Å². The van der Waals surface area contributed by atoms with Crippen molar-refractivity contribution in [1.82, 2.24) is 9.78 Å². The lowest BCUT2D eigenvalue weighted by Crippen LogP contribution is -2.13. The van der Waals surface area contributed by atoms with E-state index in [1.165, 1.54) is 5.56 Å². The SMILES string of the molecule is Cc1cn(-c2ccccc2)nc1NC(=O)c1ccc(C(C)C)cc1. The Morgan fingerprint density at radius 1 is 1.04 bits per heavy atom. The number of carbonyl (C=O) groups excluding carboxylic acids is 1. The minimum absolute atomic E-state index is 0.147. The number of amides is 1. The Morgan fingerprint density at radius 3 is 2.33 bits per heavy atom. The third kappa shape index (κ3) is 3.38. The van der Waals surface area contributed by atoms with Gasteiger partial charge in [0.2, 0.25) is 0 Å². The number of aromatic nitrogens is 2. The third-order valence-electron chi connectivity index (χ3n) is 3.99. The Hall–Kier alpha value is -2.88. The average molecular weight is 319 g/mol. The maximum absolute atomic E-state index is 12.4. The van der Waals surface area contributed by atoms with Crippen molar-refractivity contribution in [1.29, 1.82) is 0 Å². The first-order valence-electron chi connectivity index (χ1n) is 8.07. The topological polar surface area (TPSA) is 46.9 Å². The Bertz CT molecular complexity index is 833. The molecular weight excluding hydrogens is 298 g/mol. The van der Waals surface area contributed by atoms with Crippen LogP contribution < -0.4 is 5.32 Å². The van der Waals surface area contributed by atoms with Gasteiger partial charge in [-0.2, -0.15) is 0 Å². The van der Waals surface area contributed by atoms with Gasteiger partial charge in [-0.25, -0.2) is 4.68 Å². The van der Waals surface area contributed by atoms with Gasteiger partial charge in [0.1, 0.15) is 0 Å². The lowest BCUT2D eigenvalue weighted by atomic mass is 10.0. The zero-order valence-corrected chi connectivity index (χ0v) is 14.2. The van der Waals surface area contributed by atoms with Crippen molar-refractivity contribution >= 4 is 11.7 Å². The highest BCUT2D eigenvalue weighted by Gasteiger charge is 2.12. The molecule has 0 aliphatic rings. The smallest absolute Gasteiger partial charge is 0.256 e. The highest BCUT2D eigenvalue weighted by atomic mass is 16.1. The molecule has 4 nitrogen and oxygen atoms in total. The number of benzene rings is 2. The Balaban J connectivity index is 1.78. The molecule has 24 heavy (non-hydrogen) atoms. The highest BCUT2D eigenvalue weighted by Crippen LogP contribution is 2.18. The van der Waals surface area contributed by atoms with E-state index in [1.54, 1.807) is 4.68 Å². The van der Waals surface area contributed by atoms with Gasteiger partial charge in [-0.3, -0.25) is 4.79 Å². The first-order chi connectivity index (χ1) is 11.5.